The highest BCUT2D eigenvalue weighted by molar-refractivity contribution is 6.22. The average Bonchev–Trinajstić information content (AvgIpc) is 3.91. The molecule has 0 unspecified atom stereocenters. The first kappa shape index (κ1) is 36.0. The van der Waals surface area contributed by atoms with E-state index >= 15 is 0 Å². The Labute approximate surface area is 368 Å². The Morgan fingerprint density at radius 1 is 0.297 bits per heavy atom. The fourth-order valence-electron chi connectivity index (χ4n) is 9.46. The summed E-state index contributed by atoms with van der Waals surface area (Å²) in [6.07, 6.45) is 0. The Hall–Kier alpha value is -8.67. The molecule has 3 aromatic heterocycles. The van der Waals surface area contributed by atoms with Crippen LogP contribution in [0.4, 0.5) is 0 Å². The smallest absolute Gasteiger partial charge is 0.164 e. The van der Waals surface area contributed by atoms with Gasteiger partial charge in [0.25, 0.3) is 0 Å². The van der Waals surface area contributed by atoms with E-state index in [2.05, 4.69) is 217 Å². The Bertz CT molecular complexity index is 3940. The second-order valence-electron chi connectivity index (χ2n) is 16.4. The maximum atomic E-state index is 6.77. The van der Waals surface area contributed by atoms with E-state index in [1.54, 1.807) is 0 Å². The number of aromatic nitrogens is 4. The van der Waals surface area contributed by atoms with Gasteiger partial charge in [-0.1, -0.05) is 164 Å². The van der Waals surface area contributed by atoms with Crippen molar-refractivity contribution in [3.05, 3.63) is 218 Å². The van der Waals surface area contributed by atoms with Crippen LogP contribution in [0.3, 0.4) is 0 Å². The van der Waals surface area contributed by atoms with Gasteiger partial charge in [-0.3, -0.25) is 0 Å². The molecule has 13 aromatic rings. The van der Waals surface area contributed by atoms with Gasteiger partial charge in [0, 0.05) is 50.0 Å². The molecule has 0 radical (unpaired) electrons. The van der Waals surface area contributed by atoms with E-state index < -0.39 is 0 Å². The van der Waals surface area contributed by atoms with Crippen molar-refractivity contribution in [3.8, 4) is 62.1 Å². The SMILES string of the molecule is c1ccc(-c2ccc(-c3nc(-c4ccc5ccccc5c4)nc(-c4ccc5c(c4)oc4cc(-n6c7ccc(-c8ccccc8)cc7c7c8ccccc8ccc76)ccc45)n3)cc2)cc1. The Morgan fingerprint density at radius 2 is 0.812 bits per heavy atom. The molecule has 10 aromatic carbocycles. The molecule has 5 nitrogen and oxygen atoms in total. The molecule has 298 valence electrons. The quantitative estimate of drug-likeness (QED) is 0.168. The van der Waals surface area contributed by atoms with E-state index in [0.29, 0.717) is 17.5 Å². The van der Waals surface area contributed by atoms with Gasteiger partial charge < -0.3 is 8.98 Å². The Balaban J connectivity index is 0.941. The van der Waals surface area contributed by atoms with Crippen molar-refractivity contribution in [2.24, 2.45) is 0 Å². The molecule has 0 amide bonds. The van der Waals surface area contributed by atoms with Crippen molar-refractivity contribution in [1.82, 2.24) is 19.5 Å². The van der Waals surface area contributed by atoms with Crippen molar-refractivity contribution < 1.29 is 4.42 Å². The Morgan fingerprint density at radius 3 is 1.58 bits per heavy atom. The summed E-state index contributed by atoms with van der Waals surface area (Å²) in [5, 5.41) is 9.30. The lowest BCUT2D eigenvalue weighted by molar-refractivity contribution is 0.668. The molecule has 13 rings (SSSR count). The molecule has 5 heteroatoms. The topological polar surface area (TPSA) is 56.7 Å². The molecule has 0 bridgehead atoms. The number of fused-ring (bicyclic) bond motifs is 9. The van der Waals surface area contributed by atoms with Crippen molar-refractivity contribution in [2.75, 3.05) is 0 Å². The molecule has 0 spiro atoms. The van der Waals surface area contributed by atoms with Crippen LogP contribution >= 0.6 is 0 Å². The molecule has 64 heavy (non-hydrogen) atoms. The van der Waals surface area contributed by atoms with E-state index in [1.165, 1.54) is 38.1 Å². The largest absolute Gasteiger partial charge is 0.456 e. The summed E-state index contributed by atoms with van der Waals surface area (Å²) in [5.74, 6) is 1.80. The zero-order valence-corrected chi connectivity index (χ0v) is 34.5. The molecule has 0 aliphatic carbocycles. The minimum Gasteiger partial charge on any atom is -0.456 e. The first-order chi connectivity index (χ1) is 31.7. The van der Waals surface area contributed by atoms with Gasteiger partial charge in [-0.25, -0.2) is 15.0 Å². The summed E-state index contributed by atoms with van der Waals surface area (Å²) in [6, 6.07) is 77.0. The summed E-state index contributed by atoms with van der Waals surface area (Å²) in [7, 11) is 0. The van der Waals surface area contributed by atoms with Crippen LogP contribution in [0.1, 0.15) is 0 Å². The highest BCUT2D eigenvalue weighted by atomic mass is 16.3. The molecule has 0 saturated carbocycles. The maximum Gasteiger partial charge on any atom is 0.164 e. The molecule has 0 saturated heterocycles. The van der Waals surface area contributed by atoms with Crippen LogP contribution < -0.4 is 0 Å². The highest BCUT2D eigenvalue weighted by Gasteiger charge is 2.19. The van der Waals surface area contributed by atoms with Gasteiger partial charge in [-0.2, -0.15) is 0 Å². The summed E-state index contributed by atoms with van der Waals surface area (Å²) >= 11 is 0. The second-order valence-corrected chi connectivity index (χ2v) is 16.4. The van der Waals surface area contributed by atoms with Crippen LogP contribution in [-0.2, 0) is 0 Å². The molecule has 0 atom stereocenters. The number of benzene rings is 10. The van der Waals surface area contributed by atoms with Gasteiger partial charge in [-0.15, -0.1) is 0 Å². The minimum absolute atomic E-state index is 0.579. The van der Waals surface area contributed by atoms with Gasteiger partial charge in [0.1, 0.15) is 11.2 Å². The summed E-state index contributed by atoms with van der Waals surface area (Å²) in [4.78, 5) is 15.3. The number of rotatable bonds is 6. The van der Waals surface area contributed by atoms with E-state index in [1.807, 2.05) is 6.07 Å². The van der Waals surface area contributed by atoms with Crippen molar-refractivity contribution >= 4 is 65.3 Å². The average molecular weight is 817 g/mol. The zero-order chi connectivity index (χ0) is 42.1. The van der Waals surface area contributed by atoms with E-state index in [4.69, 9.17) is 19.4 Å². The fraction of sp³-hybridized carbons (Fsp3) is 0. The highest BCUT2D eigenvalue weighted by Crippen LogP contribution is 2.41. The van der Waals surface area contributed by atoms with Gasteiger partial charge in [-0.05, 0) is 92.3 Å². The van der Waals surface area contributed by atoms with E-state index in [9.17, 15) is 0 Å². The molecule has 0 N–H and O–H groups in total. The van der Waals surface area contributed by atoms with Crippen LogP contribution in [0.25, 0.3) is 127 Å². The summed E-state index contributed by atoms with van der Waals surface area (Å²) in [5.41, 5.74) is 12.3. The molecule has 0 aliphatic rings. The first-order valence-electron chi connectivity index (χ1n) is 21.6. The van der Waals surface area contributed by atoms with Crippen LogP contribution in [0.5, 0.6) is 0 Å². The van der Waals surface area contributed by atoms with Crippen LogP contribution in [0.15, 0.2) is 223 Å². The normalized spacial score (nSPS) is 11.8. The van der Waals surface area contributed by atoms with Gasteiger partial charge >= 0.3 is 0 Å². The van der Waals surface area contributed by atoms with Gasteiger partial charge in [0.05, 0.1) is 11.0 Å². The van der Waals surface area contributed by atoms with E-state index in [0.717, 1.165) is 71.9 Å². The lowest BCUT2D eigenvalue weighted by Gasteiger charge is -2.10. The number of nitrogens with zero attached hydrogens (tertiary/aromatic N) is 4. The molecule has 0 aliphatic heterocycles. The lowest BCUT2D eigenvalue weighted by Crippen LogP contribution is -2.00. The Kier molecular flexibility index (Phi) is 8.15. The third-order valence-corrected chi connectivity index (χ3v) is 12.6. The van der Waals surface area contributed by atoms with Crippen molar-refractivity contribution in [1.29, 1.82) is 0 Å². The van der Waals surface area contributed by atoms with Gasteiger partial charge in [0.15, 0.2) is 17.5 Å². The van der Waals surface area contributed by atoms with Crippen LogP contribution in [0.2, 0.25) is 0 Å². The van der Waals surface area contributed by atoms with Crippen LogP contribution in [-0.4, -0.2) is 19.5 Å². The zero-order valence-electron chi connectivity index (χ0n) is 34.5. The van der Waals surface area contributed by atoms with Crippen LogP contribution in [0, 0.1) is 0 Å². The van der Waals surface area contributed by atoms with Crippen molar-refractivity contribution in [3.63, 3.8) is 0 Å². The van der Waals surface area contributed by atoms with Gasteiger partial charge in [0.2, 0.25) is 0 Å². The molecular weight excluding hydrogens is 781 g/mol. The number of hydrogen-bond acceptors (Lipinski definition) is 4. The summed E-state index contributed by atoms with van der Waals surface area (Å²) < 4.78 is 9.15. The third kappa shape index (κ3) is 5.98. The third-order valence-electron chi connectivity index (χ3n) is 12.6. The monoisotopic (exact) mass is 816 g/mol. The summed E-state index contributed by atoms with van der Waals surface area (Å²) in [6.45, 7) is 0. The molecule has 3 heterocycles. The standard InChI is InChI=1S/C59H36N4O/c1-3-11-37(12-4-1)40-19-22-42(23-20-40)57-60-58(45-24-21-39-15-7-8-17-43(39)33-45)62-59(61-57)46-25-29-49-50-30-28-47(36-55(50)64-54(49)35-46)63-52-31-27-44(38-13-5-2-6-14-38)34-51(52)56-48-18-10-9-16-41(48)26-32-53(56)63/h1-36H. The van der Waals surface area contributed by atoms with Crippen molar-refractivity contribution in [2.45, 2.75) is 0 Å². The maximum absolute atomic E-state index is 6.77. The fourth-order valence-corrected chi connectivity index (χ4v) is 9.46. The number of furan rings is 1. The minimum atomic E-state index is 0.579. The first-order valence-corrected chi connectivity index (χ1v) is 21.6. The number of hydrogen-bond donors (Lipinski definition) is 0. The van der Waals surface area contributed by atoms with E-state index in [-0.39, 0.29) is 0 Å². The lowest BCUT2D eigenvalue weighted by atomic mass is 10.0. The molecule has 0 fully saturated rings. The predicted octanol–water partition coefficient (Wildman–Crippen LogP) is 15.5. The second kappa shape index (κ2) is 14.5. The predicted molar refractivity (Wildman–Crippen MR) is 264 cm³/mol. The molecular formula is C59H36N4O.